The number of carbonyl (C=O) groups is 1. The Balaban J connectivity index is 1.82. The lowest BCUT2D eigenvalue weighted by atomic mass is 9.77. The van der Waals surface area contributed by atoms with Gasteiger partial charge >= 0.3 is 19.0 Å². The van der Waals surface area contributed by atoms with E-state index in [-0.39, 0.29) is 17.6 Å². The number of aromatic hydroxyl groups is 1. The highest BCUT2D eigenvalue weighted by molar-refractivity contribution is 6.65. The molecule has 3 aromatic rings. The summed E-state index contributed by atoms with van der Waals surface area (Å²) in [5.74, 6) is -0.319. The van der Waals surface area contributed by atoms with Crippen molar-refractivity contribution in [2.24, 2.45) is 0 Å². The van der Waals surface area contributed by atoms with E-state index in [1.807, 2.05) is 52.0 Å². The van der Waals surface area contributed by atoms with Crippen LogP contribution in [0, 0.1) is 0 Å². The first-order chi connectivity index (χ1) is 15.1. The number of hydrogen-bond acceptors (Lipinski definition) is 4. The molecule has 0 spiro atoms. The Morgan fingerprint density at radius 3 is 2.28 bits per heavy atom. The number of imidazole rings is 1. The van der Waals surface area contributed by atoms with Crippen LogP contribution >= 0.6 is 0 Å². The fourth-order valence-electron chi connectivity index (χ4n) is 5.09. The van der Waals surface area contributed by atoms with Crippen LogP contribution in [0.2, 0.25) is 0 Å². The number of fused-ring (bicyclic) bond motifs is 3. The topological polar surface area (TPSA) is 64.0 Å². The Labute approximate surface area is 187 Å². The third-order valence-electron chi connectivity index (χ3n) is 7.52. The largest absolute Gasteiger partial charge is 0.499 e. The molecule has 5 rings (SSSR count). The van der Waals surface area contributed by atoms with E-state index in [9.17, 15) is 14.3 Å². The summed E-state index contributed by atoms with van der Waals surface area (Å²) in [5.41, 5.74) is -0.138. The van der Waals surface area contributed by atoms with Crippen molar-refractivity contribution < 1.29 is 28.2 Å². The minimum absolute atomic E-state index is 0.0120. The predicted molar refractivity (Wildman–Crippen MR) is 120 cm³/mol. The van der Waals surface area contributed by atoms with E-state index in [0.717, 1.165) is 42.9 Å². The van der Waals surface area contributed by atoms with Gasteiger partial charge in [0.05, 0.1) is 22.8 Å². The van der Waals surface area contributed by atoms with Gasteiger partial charge in [-0.05, 0) is 64.8 Å². The molecule has 1 aromatic carbocycles. The molecule has 1 N–H and O–H groups in total. The fourth-order valence-corrected chi connectivity index (χ4v) is 5.09. The maximum absolute atomic E-state index is 14.3. The minimum atomic E-state index is -1.66. The van der Waals surface area contributed by atoms with Crippen molar-refractivity contribution in [3.8, 4) is 5.88 Å². The Morgan fingerprint density at radius 2 is 1.69 bits per heavy atom. The molecule has 1 saturated carbocycles. The first-order valence-electron chi connectivity index (χ1n) is 11.4. The quantitative estimate of drug-likeness (QED) is 0.381. The molecule has 0 amide bonds. The Morgan fingerprint density at radius 1 is 1.09 bits per heavy atom. The van der Waals surface area contributed by atoms with Gasteiger partial charge in [0.25, 0.3) is 11.3 Å². The molecule has 2 fully saturated rings. The summed E-state index contributed by atoms with van der Waals surface area (Å²) < 4.78 is 30.1. The lowest BCUT2D eigenvalue weighted by molar-refractivity contribution is -0.705. The lowest BCUT2D eigenvalue weighted by Gasteiger charge is -2.32. The zero-order chi connectivity index (χ0) is 22.8. The molecule has 8 heteroatoms. The fraction of sp³-hybridized carbons (Fsp3) is 0.500. The molecule has 32 heavy (non-hydrogen) atoms. The van der Waals surface area contributed by atoms with Crippen LogP contribution in [0.3, 0.4) is 0 Å². The first-order valence-corrected chi connectivity index (χ1v) is 11.4. The summed E-state index contributed by atoms with van der Waals surface area (Å²) in [5, 5.41) is 12.7. The average molecular weight is 439 g/mol. The molecular formula is C24H29BFN2O4+. The van der Waals surface area contributed by atoms with Gasteiger partial charge < -0.3 is 14.4 Å². The van der Waals surface area contributed by atoms with E-state index in [2.05, 4.69) is 0 Å². The summed E-state index contributed by atoms with van der Waals surface area (Å²) in [6.07, 6.45) is 6.67. The van der Waals surface area contributed by atoms with Crippen molar-refractivity contribution in [3.05, 3.63) is 36.2 Å². The molecule has 2 aliphatic rings. The number of pyridine rings is 1. The molecule has 1 aliphatic heterocycles. The van der Waals surface area contributed by atoms with Crippen LogP contribution in [0.1, 0.15) is 76.3 Å². The summed E-state index contributed by atoms with van der Waals surface area (Å²) in [7, 11) is -0.690. The van der Waals surface area contributed by atoms with Crippen LogP contribution in [0.25, 0.3) is 16.4 Å². The summed E-state index contributed by atoms with van der Waals surface area (Å²) in [6, 6.07) is 6.10. The molecule has 6 nitrogen and oxygen atoms in total. The SMILES string of the molecule is CC1(C)OB(c2cn3c(C(=O)F)c(O)[n+](C4CCCCC4)c3c3ccccc23)OC1(C)C. The van der Waals surface area contributed by atoms with Crippen LogP contribution in [-0.2, 0) is 9.31 Å². The second-order valence-corrected chi connectivity index (χ2v) is 10.0. The van der Waals surface area contributed by atoms with Crippen LogP contribution in [0.5, 0.6) is 5.88 Å². The van der Waals surface area contributed by atoms with Crippen molar-refractivity contribution in [1.29, 1.82) is 0 Å². The Kier molecular flexibility index (Phi) is 4.87. The van der Waals surface area contributed by atoms with Crippen LogP contribution < -0.4 is 10.0 Å². The number of benzene rings is 1. The number of halogens is 1. The summed E-state index contributed by atoms with van der Waals surface area (Å²) in [6.45, 7) is 7.90. The second-order valence-electron chi connectivity index (χ2n) is 10.0. The van der Waals surface area contributed by atoms with Crippen molar-refractivity contribution in [2.75, 3.05) is 0 Å². The van der Waals surface area contributed by atoms with Gasteiger partial charge in [0.1, 0.15) is 6.04 Å². The van der Waals surface area contributed by atoms with E-state index >= 15 is 0 Å². The summed E-state index contributed by atoms with van der Waals surface area (Å²) in [4.78, 5) is 12.0. The highest BCUT2D eigenvalue weighted by Gasteiger charge is 2.53. The average Bonchev–Trinajstić information content (AvgIpc) is 3.16. The van der Waals surface area contributed by atoms with E-state index in [1.165, 1.54) is 4.40 Å². The van der Waals surface area contributed by atoms with E-state index in [4.69, 9.17) is 9.31 Å². The molecule has 0 unspecified atom stereocenters. The van der Waals surface area contributed by atoms with Gasteiger partial charge in [-0.15, -0.1) is 0 Å². The van der Waals surface area contributed by atoms with Crippen LogP contribution in [-0.4, -0.2) is 33.9 Å². The van der Waals surface area contributed by atoms with E-state index in [0.29, 0.717) is 11.1 Å². The maximum Gasteiger partial charge on any atom is 0.499 e. The molecule has 0 bridgehead atoms. The highest BCUT2D eigenvalue weighted by atomic mass is 19.1. The number of rotatable bonds is 3. The molecule has 168 valence electrons. The van der Waals surface area contributed by atoms with E-state index in [1.54, 1.807) is 10.8 Å². The third kappa shape index (κ3) is 3.07. The van der Waals surface area contributed by atoms with Gasteiger partial charge in [0.2, 0.25) is 0 Å². The van der Waals surface area contributed by atoms with Gasteiger partial charge in [-0.25, -0.2) is 0 Å². The number of nitrogens with zero attached hydrogens (tertiary/aromatic N) is 2. The van der Waals surface area contributed by atoms with Crippen molar-refractivity contribution in [1.82, 2.24) is 4.40 Å². The first kappa shape index (κ1) is 21.4. The predicted octanol–water partition coefficient (Wildman–Crippen LogP) is 4.00. The number of aromatic nitrogens is 2. The number of carbonyl (C=O) groups excluding carboxylic acids is 1. The van der Waals surface area contributed by atoms with Gasteiger partial charge in [-0.2, -0.15) is 13.4 Å². The molecule has 3 heterocycles. The Hall–Kier alpha value is -2.45. The third-order valence-corrected chi connectivity index (χ3v) is 7.52. The van der Waals surface area contributed by atoms with Gasteiger partial charge in [0, 0.05) is 5.46 Å². The van der Waals surface area contributed by atoms with Crippen LogP contribution in [0.15, 0.2) is 30.5 Å². The highest BCUT2D eigenvalue weighted by Crippen LogP contribution is 2.38. The van der Waals surface area contributed by atoms with Gasteiger partial charge in [-0.3, -0.25) is 4.79 Å². The lowest BCUT2D eigenvalue weighted by Crippen LogP contribution is -2.41. The molecule has 1 saturated heterocycles. The van der Waals surface area contributed by atoms with Crippen molar-refractivity contribution in [3.63, 3.8) is 0 Å². The van der Waals surface area contributed by atoms with Crippen molar-refractivity contribution >= 4 is 35.0 Å². The zero-order valence-corrected chi connectivity index (χ0v) is 19.0. The number of hydrogen-bond donors (Lipinski definition) is 1. The smallest absolute Gasteiger partial charge is 0.474 e. The monoisotopic (exact) mass is 439 g/mol. The normalized spacial score (nSPS) is 21.0. The standard InChI is InChI=1S/C24H28BFN2O4/c1-23(2)24(3,4)32-25(31-23)18-14-27-19(20(26)29)22(30)28(15-10-6-5-7-11-15)21(27)17-13-9-8-12-16(17)18/h8-9,12-15H,5-7,10-11H2,1-4H3/p+1. The van der Waals surface area contributed by atoms with Gasteiger partial charge in [-0.1, -0.05) is 24.6 Å². The Bertz CT molecular complexity index is 1210. The second kappa shape index (κ2) is 7.28. The molecule has 1 aliphatic carbocycles. The van der Waals surface area contributed by atoms with Crippen LogP contribution in [0.4, 0.5) is 4.39 Å². The van der Waals surface area contributed by atoms with Crippen molar-refractivity contribution in [2.45, 2.75) is 77.0 Å². The zero-order valence-electron chi connectivity index (χ0n) is 19.0. The molecule has 0 atom stereocenters. The minimum Gasteiger partial charge on any atom is -0.474 e. The maximum atomic E-state index is 14.3. The molecule has 2 aromatic heterocycles. The molecule has 0 radical (unpaired) electrons. The van der Waals surface area contributed by atoms with E-state index < -0.39 is 24.4 Å². The molecular weight excluding hydrogens is 410 g/mol. The van der Waals surface area contributed by atoms with Gasteiger partial charge in [0.15, 0.2) is 0 Å². The summed E-state index contributed by atoms with van der Waals surface area (Å²) >= 11 is 0.